The molecule has 26 heavy (non-hydrogen) atoms. The number of phenolic OH excluding ortho intramolecular Hbond substituents is 2. The van der Waals surface area contributed by atoms with Crippen LogP contribution >= 0.6 is 0 Å². The first-order valence-electron chi connectivity index (χ1n) is 8.40. The summed E-state index contributed by atoms with van der Waals surface area (Å²) < 4.78 is 10.0. The zero-order valence-corrected chi connectivity index (χ0v) is 14.4. The van der Waals surface area contributed by atoms with Crippen LogP contribution in [-0.4, -0.2) is 35.4 Å². The molecule has 0 spiro atoms. The number of benzene rings is 2. The van der Waals surface area contributed by atoms with Gasteiger partial charge in [-0.3, -0.25) is 9.59 Å². The van der Waals surface area contributed by atoms with Crippen LogP contribution < -0.4 is 0 Å². The Morgan fingerprint density at radius 1 is 0.654 bits per heavy atom. The minimum absolute atomic E-state index is 0.0271. The molecule has 6 heteroatoms. The number of ether oxygens (including phenoxy) is 2. The lowest BCUT2D eigenvalue weighted by atomic mass is 10.1. The van der Waals surface area contributed by atoms with E-state index in [0.717, 1.165) is 11.1 Å². The van der Waals surface area contributed by atoms with Crippen LogP contribution in [0, 0.1) is 0 Å². The summed E-state index contributed by atoms with van der Waals surface area (Å²) in [5.74, 6) is -0.358. The molecule has 0 amide bonds. The molecule has 0 radical (unpaired) electrons. The van der Waals surface area contributed by atoms with Gasteiger partial charge < -0.3 is 19.7 Å². The van der Waals surface area contributed by atoms with Gasteiger partial charge in [0.15, 0.2) is 0 Å². The first kappa shape index (κ1) is 19.3. The molecule has 0 aromatic heterocycles. The molecule has 0 fully saturated rings. The molecule has 0 aliphatic heterocycles. The second-order valence-corrected chi connectivity index (χ2v) is 5.77. The maximum Gasteiger partial charge on any atom is 0.306 e. The largest absolute Gasteiger partial charge is 0.508 e. The number of phenols is 2. The van der Waals surface area contributed by atoms with Gasteiger partial charge >= 0.3 is 11.9 Å². The second-order valence-electron chi connectivity index (χ2n) is 5.77. The van der Waals surface area contributed by atoms with Crippen LogP contribution in [0.1, 0.15) is 24.0 Å². The van der Waals surface area contributed by atoms with Crippen molar-refractivity contribution in [3.63, 3.8) is 0 Å². The van der Waals surface area contributed by atoms with E-state index in [2.05, 4.69) is 0 Å². The van der Waals surface area contributed by atoms with E-state index in [0.29, 0.717) is 12.8 Å². The third-order valence-electron chi connectivity index (χ3n) is 3.72. The van der Waals surface area contributed by atoms with Crippen LogP contribution in [0.2, 0.25) is 0 Å². The van der Waals surface area contributed by atoms with Gasteiger partial charge in [-0.1, -0.05) is 24.3 Å². The quantitative estimate of drug-likeness (QED) is 0.529. The molecular formula is C20H22O6. The van der Waals surface area contributed by atoms with Crippen molar-refractivity contribution in [2.75, 3.05) is 13.2 Å². The van der Waals surface area contributed by atoms with Crippen molar-refractivity contribution < 1.29 is 29.3 Å². The Morgan fingerprint density at radius 2 is 1.00 bits per heavy atom. The smallest absolute Gasteiger partial charge is 0.306 e. The summed E-state index contributed by atoms with van der Waals surface area (Å²) in [4.78, 5) is 23.3. The summed E-state index contributed by atoms with van der Waals surface area (Å²) in [6.45, 7) is 0.0543. The van der Waals surface area contributed by atoms with Crippen LogP contribution in [0.15, 0.2) is 48.5 Å². The summed E-state index contributed by atoms with van der Waals surface area (Å²) in [6, 6.07) is 13.3. The molecular weight excluding hydrogens is 336 g/mol. The Hall–Kier alpha value is -3.02. The summed E-state index contributed by atoms with van der Waals surface area (Å²) >= 11 is 0. The van der Waals surface area contributed by atoms with Crippen LogP contribution in [-0.2, 0) is 31.9 Å². The number of esters is 2. The Kier molecular flexibility index (Phi) is 7.49. The zero-order chi connectivity index (χ0) is 18.8. The fourth-order valence-corrected chi connectivity index (χ4v) is 2.27. The summed E-state index contributed by atoms with van der Waals surface area (Å²) in [6.07, 6.45) is 1.48. The van der Waals surface area contributed by atoms with Gasteiger partial charge in [-0.05, 0) is 48.2 Å². The first-order valence-corrected chi connectivity index (χ1v) is 8.40. The monoisotopic (exact) mass is 358 g/mol. The van der Waals surface area contributed by atoms with E-state index in [-0.39, 0.29) is 49.5 Å². The molecule has 2 aromatic rings. The van der Waals surface area contributed by atoms with Gasteiger partial charge in [0.25, 0.3) is 0 Å². The molecule has 0 heterocycles. The average Bonchev–Trinajstić information content (AvgIpc) is 2.64. The molecule has 6 nitrogen and oxygen atoms in total. The standard InChI is InChI=1S/C20H22O6/c21-17-7-1-15(2-8-17)5-11-19(23)25-13-14-26-20(24)12-6-16-3-9-18(22)10-4-16/h1-4,7-10,21-22H,5-6,11-14H2. The number of rotatable bonds is 9. The van der Waals surface area contributed by atoms with E-state index in [1.807, 2.05) is 0 Å². The van der Waals surface area contributed by atoms with Crippen molar-refractivity contribution in [3.8, 4) is 11.5 Å². The number of hydrogen-bond donors (Lipinski definition) is 2. The third-order valence-corrected chi connectivity index (χ3v) is 3.72. The number of aromatic hydroxyl groups is 2. The molecule has 2 rings (SSSR count). The van der Waals surface area contributed by atoms with Gasteiger partial charge in [0.2, 0.25) is 0 Å². The average molecular weight is 358 g/mol. The van der Waals surface area contributed by atoms with Crippen molar-refractivity contribution in [2.24, 2.45) is 0 Å². The predicted molar refractivity (Wildman–Crippen MR) is 94.8 cm³/mol. The molecule has 0 atom stereocenters. The van der Waals surface area contributed by atoms with Gasteiger partial charge in [0.1, 0.15) is 24.7 Å². The van der Waals surface area contributed by atoms with Gasteiger partial charge in [-0.15, -0.1) is 0 Å². The maximum atomic E-state index is 11.6. The highest BCUT2D eigenvalue weighted by molar-refractivity contribution is 5.70. The zero-order valence-electron chi connectivity index (χ0n) is 14.4. The van der Waals surface area contributed by atoms with Gasteiger partial charge in [-0.25, -0.2) is 0 Å². The Bertz CT molecular complexity index is 643. The van der Waals surface area contributed by atoms with Crippen LogP contribution in [0.5, 0.6) is 11.5 Å². The van der Waals surface area contributed by atoms with Gasteiger partial charge in [0, 0.05) is 12.8 Å². The topological polar surface area (TPSA) is 93.1 Å². The molecule has 0 unspecified atom stereocenters. The van der Waals surface area contributed by atoms with Crippen LogP contribution in [0.25, 0.3) is 0 Å². The minimum atomic E-state index is -0.363. The fraction of sp³-hybridized carbons (Fsp3) is 0.300. The van der Waals surface area contributed by atoms with E-state index >= 15 is 0 Å². The van der Waals surface area contributed by atoms with Crippen LogP contribution in [0.4, 0.5) is 0 Å². The van der Waals surface area contributed by atoms with Crippen molar-refractivity contribution in [2.45, 2.75) is 25.7 Å². The molecule has 2 aromatic carbocycles. The normalized spacial score (nSPS) is 10.3. The molecule has 0 bridgehead atoms. The van der Waals surface area contributed by atoms with Crippen molar-refractivity contribution in [1.82, 2.24) is 0 Å². The van der Waals surface area contributed by atoms with Crippen molar-refractivity contribution in [3.05, 3.63) is 59.7 Å². The number of carbonyl (C=O) groups excluding carboxylic acids is 2. The summed E-state index contributed by atoms with van der Waals surface area (Å²) in [7, 11) is 0. The highest BCUT2D eigenvalue weighted by Gasteiger charge is 2.07. The predicted octanol–water partition coefficient (Wildman–Crippen LogP) is 2.75. The van der Waals surface area contributed by atoms with Gasteiger partial charge in [0.05, 0.1) is 0 Å². The summed E-state index contributed by atoms with van der Waals surface area (Å²) in [5.41, 5.74) is 1.86. The first-order chi connectivity index (χ1) is 12.5. The fourth-order valence-electron chi connectivity index (χ4n) is 2.27. The van der Waals surface area contributed by atoms with E-state index in [1.54, 1.807) is 48.5 Å². The Labute approximate surface area is 152 Å². The van der Waals surface area contributed by atoms with Crippen molar-refractivity contribution in [1.29, 1.82) is 0 Å². The summed E-state index contributed by atoms with van der Waals surface area (Å²) in [5, 5.41) is 18.4. The minimum Gasteiger partial charge on any atom is -0.508 e. The molecule has 0 saturated heterocycles. The maximum absolute atomic E-state index is 11.6. The highest BCUT2D eigenvalue weighted by Crippen LogP contribution is 2.12. The number of carbonyl (C=O) groups is 2. The van der Waals surface area contributed by atoms with Gasteiger partial charge in [-0.2, -0.15) is 0 Å². The SMILES string of the molecule is O=C(CCc1ccc(O)cc1)OCCOC(=O)CCc1ccc(O)cc1. The lowest BCUT2D eigenvalue weighted by Gasteiger charge is -2.07. The lowest BCUT2D eigenvalue weighted by molar-refractivity contribution is -0.152. The number of aryl methyl sites for hydroxylation is 2. The van der Waals surface area contributed by atoms with Crippen molar-refractivity contribution >= 4 is 11.9 Å². The third kappa shape index (κ3) is 7.25. The Balaban J connectivity index is 1.54. The molecule has 0 saturated carbocycles. The molecule has 0 aliphatic carbocycles. The Morgan fingerprint density at radius 3 is 1.35 bits per heavy atom. The molecule has 138 valence electrons. The van der Waals surface area contributed by atoms with Crippen LogP contribution in [0.3, 0.4) is 0 Å². The van der Waals surface area contributed by atoms with E-state index in [9.17, 15) is 19.8 Å². The van der Waals surface area contributed by atoms with E-state index in [1.165, 1.54) is 0 Å². The van der Waals surface area contributed by atoms with E-state index < -0.39 is 0 Å². The molecule has 2 N–H and O–H groups in total. The second kappa shape index (κ2) is 10.1. The highest BCUT2D eigenvalue weighted by atomic mass is 16.6. The number of hydrogen-bond acceptors (Lipinski definition) is 6. The molecule has 0 aliphatic rings. The lowest BCUT2D eigenvalue weighted by Crippen LogP contribution is -2.14. The van der Waals surface area contributed by atoms with E-state index in [4.69, 9.17) is 9.47 Å².